The van der Waals surface area contributed by atoms with E-state index in [1.807, 2.05) is 6.92 Å². The maximum absolute atomic E-state index is 12.1. The molecule has 24 heavy (non-hydrogen) atoms. The number of carbonyl (C=O) groups excluding carboxylic acids is 2. The minimum absolute atomic E-state index is 0.0570. The fourth-order valence-electron chi connectivity index (χ4n) is 1.90. The molecular weight excluding hydrogens is 324 g/mol. The lowest BCUT2D eigenvalue weighted by Crippen LogP contribution is -2.51. The van der Waals surface area contributed by atoms with Gasteiger partial charge in [0.15, 0.2) is 8.32 Å². The molecule has 0 radical (unpaired) electrons. The number of amides is 2. The van der Waals surface area contributed by atoms with Crippen LogP contribution in [0.5, 0.6) is 0 Å². The average molecular weight is 361 g/mol. The van der Waals surface area contributed by atoms with Gasteiger partial charge in [0.1, 0.15) is 5.60 Å². The Morgan fingerprint density at radius 3 is 2.00 bits per heavy atom. The van der Waals surface area contributed by atoms with E-state index >= 15 is 0 Å². The molecule has 6 nitrogen and oxygen atoms in total. The third-order valence-electron chi connectivity index (χ3n) is 4.26. The molecule has 0 heterocycles. The topological polar surface area (TPSA) is 90.6 Å². The number of hydrogen-bond acceptors (Lipinski definition) is 4. The lowest BCUT2D eigenvalue weighted by Gasteiger charge is -2.40. The van der Waals surface area contributed by atoms with Gasteiger partial charge in [0.2, 0.25) is 5.91 Å². The first kappa shape index (κ1) is 22.9. The van der Waals surface area contributed by atoms with Crippen LogP contribution < -0.4 is 11.1 Å². The van der Waals surface area contributed by atoms with E-state index in [1.165, 1.54) is 0 Å². The maximum Gasteiger partial charge on any atom is 0.407 e. The van der Waals surface area contributed by atoms with E-state index in [-0.39, 0.29) is 23.6 Å². The molecular formula is C17H36N2O4Si. The summed E-state index contributed by atoms with van der Waals surface area (Å²) >= 11 is 0. The summed E-state index contributed by atoms with van der Waals surface area (Å²) in [5.74, 6) is -0.398. The molecule has 0 aromatic heterocycles. The Kier molecular flexibility index (Phi) is 7.96. The summed E-state index contributed by atoms with van der Waals surface area (Å²) in [6.07, 6.45) is -0.142. The summed E-state index contributed by atoms with van der Waals surface area (Å²) in [5, 5.41) is 2.89. The first-order valence-corrected chi connectivity index (χ1v) is 11.4. The zero-order chi connectivity index (χ0) is 19.3. The summed E-state index contributed by atoms with van der Waals surface area (Å²) in [5.41, 5.74) is 4.67. The number of hydrogen-bond donors (Lipinski definition) is 2. The van der Waals surface area contributed by atoms with E-state index in [1.54, 1.807) is 20.8 Å². The number of nitrogens with one attached hydrogen (secondary N) is 1. The fourth-order valence-corrected chi connectivity index (χ4v) is 3.35. The third-order valence-corrected chi connectivity index (χ3v) is 8.83. The molecule has 2 amide bonds. The van der Waals surface area contributed by atoms with Crippen LogP contribution in [0.4, 0.5) is 4.79 Å². The maximum atomic E-state index is 12.1. The number of alkyl carbamates (subject to hydrolysis) is 1. The second-order valence-electron chi connectivity index (χ2n) is 8.84. The molecule has 7 heteroatoms. The van der Waals surface area contributed by atoms with Crippen LogP contribution in [0.15, 0.2) is 0 Å². The van der Waals surface area contributed by atoms with Crippen LogP contribution >= 0.6 is 0 Å². The van der Waals surface area contributed by atoms with Crippen LogP contribution in [0.2, 0.25) is 18.1 Å². The third kappa shape index (κ3) is 8.68. The van der Waals surface area contributed by atoms with Crippen molar-refractivity contribution < 1.29 is 18.8 Å². The van der Waals surface area contributed by atoms with Crippen molar-refractivity contribution in [2.24, 2.45) is 5.73 Å². The molecule has 1 unspecified atom stereocenters. The minimum atomic E-state index is -1.99. The van der Waals surface area contributed by atoms with Crippen LogP contribution in [0.25, 0.3) is 0 Å². The number of carbonyl (C=O) groups is 2. The smallest absolute Gasteiger partial charge is 0.407 e. The van der Waals surface area contributed by atoms with Gasteiger partial charge in [-0.25, -0.2) is 4.79 Å². The van der Waals surface area contributed by atoms with Gasteiger partial charge in [-0.15, -0.1) is 0 Å². The fraction of sp³-hybridized carbons (Fsp3) is 0.882. The van der Waals surface area contributed by atoms with E-state index in [9.17, 15) is 9.59 Å². The van der Waals surface area contributed by atoms with E-state index in [2.05, 4.69) is 39.2 Å². The lowest BCUT2D eigenvalue weighted by atomic mass is 10.1. The summed E-state index contributed by atoms with van der Waals surface area (Å²) in [6, 6.07) is -0.332. The highest BCUT2D eigenvalue weighted by atomic mass is 28.4. The molecule has 0 aromatic carbocycles. The Morgan fingerprint density at radius 2 is 1.62 bits per heavy atom. The van der Waals surface area contributed by atoms with Gasteiger partial charge in [-0.1, -0.05) is 20.8 Å². The Hall–Kier alpha value is -1.08. The van der Waals surface area contributed by atoms with E-state index < -0.39 is 25.9 Å². The predicted octanol–water partition coefficient (Wildman–Crippen LogP) is 3.56. The van der Waals surface area contributed by atoms with E-state index in [0.29, 0.717) is 6.42 Å². The number of nitrogens with two attached hydrogens (primary N) is 1. The molecule has 142 valence electrons. The largest absolute Gasteiger partial charge is 0.444 e. The van der Waals surface area contributed by atoms with Crippen molar-refractivity contribution in [1.82, 2.24) is 5.32 Å². The second-order valence-corrected chi connectivity index (χ2v) is 13.6. The summed E-state index contributed by atoms with van der Waals surface area (Å²) in [4.78, 5) is 23.2. The summed E-state index contributed by atoms with van der Waals surface area (Å²) in [6.45, 7) is 18.1. The molecule has 0 aromatic rings. The zero-order valence-electron chi connectivity index (χ0n) is 16.8. The standard InChI is InChI=1S/C17H36N2O4Si/c1-12(23-24(8,9)17(5,6)7)13(10-11-14(18)20)19-15(21)22-16(2,3)4/h12-13H,10-11H2,1-9H3,(H2,18,20)(H,19,21)/t12?,13-/m0/s1. The quantitative estimate of drug-likeness (QED) is 0.679. The molecule has 0 spiro atoms. The van der Waals surface area contributed by atoms with Gasteiger partial charge in [0.05, 0.1) is 12.1 Å². The van der Waals surface area contributed by atoms with Crippen molar-refractivity contribution >= 4 is 20.3 Å². The van der Waals surface area contributed by atoms with Crippen molar-refractivity contribution in [2.45, 2.75) is 97.2 Å². The van der Waals surface area contributed by atoms with Gasteiger partial charge in [-0.2, -0.15) is 0 Å². The lowest BCUT2D eigenvalue weighted by molar-refractivity contribution is -0.118. The predicted molar refractivity (Wildman–Crippen MR) is 99.3 cm³/mol. The molecule has 0 aliphatic rings. The highest BCUT2D eigenvalue weighted by molar-refractivity contribution is 6.74. The molecule has 0 aliphatic carbocycles. The van der Waals surface area contributed by atoms with Gasteiger partial charge in [-0.05, 0) is 52.2 Å². The van der Waals surface area contributed by atoms with Crippen LogP contribution in [0.3, 0.4) is 0 Å². The van der Waals surface area contributed by atoms with Gasteiger partial charge < -0.3 is 20.2 Å². The van der Waals surface area contributed by atoms with Crippen molar-refractivity contribution in [1.29, 1.82) is 0 Å². The highest BCUT2D eigenvalue weighted by Gasteiger charge is 2.40. The zero-order valence-corrected chi connectivity index (χ0v) is 17.8. The minimum Gasteiger partial charge on any atom is -0.444 e. The first-order chi connectivity index (χ1) is 10.5. The second kappa shape index (κ2) is 8.34. The van der Waals surface area contributed by atoms with Crippen LogP contribution in [-0.2, 0) is 14.0 Å². The van der Waals surface area contributed by atoms with E-state index in [4.69, 9.17) is 14.9 Å². The average Bonchev–Trinajstić information content (AvgIpc) is 2.29. The molecule has 0 bridgehead atoms. The molecule has 0 saturated carbocycles. The van der Waals surface area contributed by atoms with Crippen molar-refractivity contribution in [2.75, 3.05) is 0 Å². The normalized spacial score (nSPS) is 15.5. The van der Waals surface area contributed by atoms with Gasteiger partial charge >= 0.3 is 6.09 Å². The van der Waals surface area contributed by atoms with Crippen molar-refractivity contribution in [3.8, 4) is 0 Å². The first-order valence-electron chi connectivity index (χ1n) is 8.51. The summed E-state index contributed by atoms with van der Waals surface area (Å²) < 4.78 is 11.7. The van der Waals surface area contributed by atoms with E-state index in [0.717, 1.165) is 0 Å². The molecule has 0 fully saturated rings. The van der Waals surface area contributed by atoms with Gasteiger partial charge in [0, 0.05) is 6.42 Å². The highest BCUT2D eigenvalue weighted by Crippen LogP contribution is 2.37. The number of ether oxygens (including phenoxy) is 1. The van der Waals surface area contributed by atoms with Crippen molar-refractivity contribution in [3.63, 3.8) is 0 Å². The van der Waals surface area contributed by atoms with Gasteiger partial charge in [0.25, 0.3) is 0 Å². The van der Waals surface area contributed by atoms with Crippen molar-refractivity contribution in [3.05, 3.63) is 0 Å². The number of rotatable bonds is 7. The molecule has 0 aliphatic heterocycles. The Morgan fingerprint density at radius 1 is 1.12 bits per heavy atom. The molecule has 2 atom stereocenters. The Bertz CT molecular complexity index is 439. The van der Waals surface area contributed by atoms with Gasteiger partial charge in [-0.3, -0.25) is 4.79 Å². The molecule has 0 saturated heterocycles. The van der Waals surface area contributed by atoms with Crippen LogP contribution in [0, 0.1) is 0 Å². The molecule has 0 rings (SSSR count). The number of primary amides is 1. The monoisotopic (exact) mass is 360 g/mol. The Balaban J connectivity index is 5.05. The summed E-state index contributed by atoms with van der Waals surface area (Å²) in [7, 11) is -1.99. The molecule has 3 N–H and O–H groups in total. The van der Waals surface area contributed by atoms with Crippen LogP contribution in [-0.4, -0.2) is 38.1 Å². The van der Waals surface area contributed by atoms with Crippen LogP contribution in [0.1, 0.15) is 61.3 Å². The Labute approximate surface area is 148 Å². The SMILES string of the molecule is CC(O[Si](C)(C)C(C)(C)C)[C@H](CCC(N)=O)NC(=O)OC(C)(C)C.